The molecule has 1 aromatic rings. The summed E-state index contributed by atoms with van der Waals surface area (Å²) >= 11 is 0. The Morgan fingerprint density at radius 1 is 1.40 bits per heavy atom. The number of rotatable bonds is 7. The molecule has 138 valence electrons. The molecule has 25 heavy (non-hydrogen) atoms. The Bertz CT molecular complexity index is 701. The van der Waals surface area contributed by atoms with Crippen LogP contribution < -0.4 is 10.2 Å². The van der Waals surface area contributed by atoms with Gasteiger partial charge in [-0.05, 0) is 49.1 Å². The Labute approximate surface area is 149 Å². The minimum Gasteiger partial charge on any atom is -0.494 e. The maximum absolute atomic E-state index is 12.2. The summed E-state index contributed by atoms with van der Waals surface area (Å²) in [6.07, 6.45) is 5.01. The van der Waals surface area contributed by atoms with Gasteiger partial charge < -0.3 is 4.74 Å². The lowest BCUT2D eigenvalue weighted by Crippen LogP contribution is -2.44. The number of benzene rings is 1. The molecule has 0 radical (unpaired) electrons. The average molecular weight is 367 g/mol. The van der Waals surface area contributed by atoms with Crippen molar-refractivity contribution in [2.45, 2.75) is 26.2 Å². The van der Waals surface area contributed by atoms with Crippen LogP contribution in [-0.2, 0) is 14.8 Å². The second kappa shape index (κ2) is 8.96. The second-order valence-electron chi connectivity index (χ2n) is 6.11. The highest BCUT2D eigenvalue weighted by Gasteiger charge is 2.29. The fourth-order valence-corrected chi connectivity index (χ4v) is 3.50. The summed E-state index contributed by atoms with van der Waals surface area (Å²) in [6.45, 7) is 3.41. The van der Waals surface area contributed by atoms with Crippen molar-refractivity contribution in [2.24, 2.45) is 11.0 Å². The van der Waals surface area contributed by atoms with Gasteiger partial charge in [-0.3, -0.25) is 4.79 Å². The van der Waals surface area contributed by atoms with Gasteiger partial charge in [0.2, 0.25) is 15.9 Å². The number of piperidine rings is 1. The van der Waals surface area contributed by atoms with Gasteiger partial charge in [0.1, 0.15) is 5.75 Å². The van der Waals surface area contributed by atoms with Crippen LogP contribution in [-0.4, -0.2) is 50.8 Å². The summed E-state index contributed by atoms with van der Waals surface area (Å²) in [7, 11) is -3.26. The fourth-order valence-electron chi connectivity index (χ4n) is 2.59. The molecule has 1 aliphatic heterocycles. The normalized spacial score (nSPS) is 19.0. The third-order valence-electron chi connectivity index (χ3n) is 3.97. The molecule has 0 spiro atoms. The summed E-state index contributed by atoms with van der Waals surface area (Å²) in [5.41, 5.74) is 3.34. The number of hydrogen-bond acceptors (Lipinski definition) is 5. The first-order chi connectivity index (χ1) is 11.9. The van der Waals surface area contributed by atoms with Crippen molar-refractivity contribution in [3.05, 3.63) is 29.8 Å². The molecule has 0 aliphatic carbocycles. The number of hydrogen-bond donors (Lipinski definition) is 1. The van der Waals surface area contributed by atoms with Crippen LogP contribution in [0.25, 0.3) is 0 Å². The molecule has 1 saturated heterocycles. The summed E-state index contributed by atoms with van der Waals surface area (Å²) in [5.74, 6) is 0.170. The van der Waals surface area contributed by atoms with Crippen LogP contribution in [0.1, 0.15) is 31.7 Å². The van der Waals surface area contributed by atoms with Crippen LogP contribution in [0, 0.1) is 5.92 Å². The summed E-state index contributed by atoms with van der Waals surface area (Å²) < 4.78 is 30.1. The molecule has 7 nitrogen and oxygen atoms in total. The monoisotopic (exact) mass is 367 g/mol. The first-order valence-electron chi connectivity index (χ1n) is 8.41. The molecule has 0 saturated carbocycles. The molecule has 1 atom stereocenters. The topological polar surface area (TPSA) is 88.1 Å². The van der Waals surface area contributed by atoms with Gasteiger partial charge in [0.25, 0.3) is 0 Å². The van der Waals surface area contributed by atoms with E-state index in [9.17, 15) is 13.2 Å². The van der Waals surface area contributed by atoms with E-state index < -0.39 is 10.0 Å². The van der Waals surface area contributed by atoms with Crippen molar-refractivity contribution in [1.82, 2.24) is 9.73 Å². The standard InChI is InChI=1S/C17H25N3O4S/c1-3-11-24-16-8-6-14(7-9-16)12-18-19-17(21)15-5-4-10-20(13-15)25(2,22)23/h6-9,12,15H,3-5,10-11,13H2,1-2H3,(H,19,21). The molecule has 1 N–H and O–H groups in total. The van der Waals surface area contributed by atoms with Crippen molar-refractivity contribution in [1.29, 1.82) is 0 Å². The van der Waals surface area contributed by atoms with E-state index in [1.807, 2.05) is 31.2 Å². The van der Waals surface area contributed by atoms with Gasteiger partial charge in [0.05, 0.1) is 25.0 Å². The molecule has 1 amide bonds. The minimum absolute atomic E-state index is 0.212. The Balaban J connectivity index is 1.85. The number of nitrogens with one attached hydrogen (secondary N) is 1. The largest absolute Gasteiger partial charge is 0.494 e. The van der Waals surface area contributed by atoms with E-state index in [-0.39, 0.29) is 18.4 Å². The number of nitrogens with zero attached hydrogens (tertiary/aromatic N) is 2. The molecule has 2 rings (SSSR count). The third kappa shape index (κ3) is 6.13. The van der Waals surface area contributed by atoms with Crippen LogP contribution in [0.3, 0.4) is 0 Å². The predicted octanol–water partition coefficient (Wildman–Crippen LogP) is 1.60. The summed E-state index contributed by atoms with van der Waals surface area (Å²) in [6, 6.07) is 7.41. The fraction of sp³-hybridized carbons (Fsp3) is 0.529. The molecule has 1 aliphatic rings. The molecular weight excluding hydrogens is 342 g/mol. The van der Waals surface area contributed by atoms with Crippen LogP contribution in [0.4, 0.5) is 0 Å². The van der Waals surface area contributed by atoms with E-state index >= 15 is 0 Å². The SMILES string of the molecule is CCCOc1ccc(C=NNC(=O)C2CCCN(S(C)(=O)=O)C2)cc1. The smallest absolute Gasteiger partial charge is 0.244 e. The molecule has 0 aromatic heterocycles. The lowest BCUT2D eigenvalue weighted by molar-refractivity contribution is -0.126. The maximum atomic E-state index is 12.2. The van der Waals surface area contributed by atoms with Gasteiger partial charge in [-0.25, -0.2) is 18.1 Å². The van der Waals surface area contributed by atoms with Crippen LogP contribution in [0.2, 0.25) is 0 Å². The van der Waals surface area contributed by atoms with Gasteiger partial charge in [0.15, 0.2) is 0 Å². The van der Waals surface area contributed by atoms with E-state index in [4.69, 9.17) is 4.74 Å². The number of amides is 1. The minimum atomic E-state index is -3.26. The van der Waals surface area contributed by atoms with Crippen LogP contribution >= 0.6 is 0 Å². The number of carbonyl (C=O) groups excluding carboxylic acids is 1. The zero-order valence-corrected chi connectivity index (χ0v) is 15.5. The molecule has 8 heteroatoms. The Morgan fingerprint density at radius 2 is 2.12 bits per heavy atom. The van der Waals surface area contributed by atoms with Gasteiger partial charge in [0, 0.05) is 13.1 Å². The average Bonchev–Trinajstić information content (AvgIpc) is 2.60. The Morgan fingerprint density at radius 3 is 2.76 bits per heavy atom. The quantitative estimate of drug-likeness (QED) is 0.586. The van der Waals surface area contributed by atoms with Crippen molar-refractivity contribution < 1.29 is 17.9 Å². The first-order valence-corrected chi connectivity index (χ1v) is 10.3. The highest BCUT2D eigenvalue weighted by Crippen LogP contribution is 2.18. The van der Waals surface area contributed by atoms with Crippen molar-refractivity contribution in [3.8, 4) is 5.75 Å². The number of ether oxygens (including phenoxy) is 1. The molecule has 1 unspecified atom stereocenters. The molecule has 1 aromatic carbocycles. The van der Waals surface area contributed by atoms with E-state index in [0.29, 0.717) is 26.0 Å². The van der Waals surface area contributed by atoms with Crippen LogP contribution in [0.15, 0.2) is 29.4 Å². The van der Waals surface area contributed by atoms with Gasteiger partial charge >= 0.3 is 0 Å². The van der Waals surface area contributed by atoms with Crippen molar-refractivity contribution >= 4 is 22.1 Å². The van der Waals surface area contributed by atoms with E-state index in [0.717, 1.165) is 17.7 Å². The molecule has 1 heterocycles. The Kier molecular flexibility index (Phi) is 6.95. The van der Waals surface area contributed by atoms with Gasteiger partial charge in [-0.15, -0.1) is 0 Å². The summed E-state index contributed by atoms with van der Waals surface area (Å²) in [4.78, 5) is 12.2. The predicted molar refractivity (Wildman–Crippen MR) is 97.1 cm³/mol. The third-order valence-corrected chi connectivity index (χ3v) is 5.23. The van der Waals surface area contributed by atoms with Gasteiger partial charge in [-0.1, -0.05) is 6.92 Å². The van der Waals surface area contributed by atoms with E-state index in [1.54, 1.807) is 6.21 Å². The zero-order chi connectivity index (χ0) is 18.3. The van der Waals surface area contributed by atoms with Crippen molar-refractivity contribution in [2.75, 3.05) is 26.0 Å². The lowest BCUT2D eigenvalue weighted by Gasteiger charge is -2.29. The maximum Gasteiger partial charge on any atom is 0.244 e. The number of hydrazone groups is 1. The number of sulfonamides is 1. The zero-order valence-electron chi connectivity index (χ0n) is 14.6. The highest BCUT2D eigenvalue weighted by atomic mass is 32.2. The lowest BCUT2D eigenvalue weighted by atomic mass is 9.99. The molecular formula is C17H25N3O4S. The molecule has 1 fully saturated rings. The highest BCUT2D eigenvalue weighted by molar-refractivity contribution is 7.88. The second-order valence-corrected chi connectivity index (χ2v) is 8.09. The summed E-state index contributed by atoms with van der Waals surface area (Å²) in [5, 5.41) is 3.96. The van der Waals surface area contributed by atoms with E-state index in [1.165, 1.54) is 10.6 Å². The Hall–Kier alpha value is -1.93. The number of carbonyl (C=O) groups is 1. The van der Waals surface area contributed by atoms with Crippen LogP contribution in [0.5, 0.6) is 5.75 Å². The van der Waals surface area contributed by atoms with Gasteiger partial charge in [-0.2, -0.15) is 5.10 Å². The first kappa shape index (κ1) is 19.4. The van der Waals surface area contributed by atoms with Crippen molar-refractivity contribution in [3.63, 3.8) is 0 Å². The van der Waals surface area contributed by atoms with E-state index in [2.05, 4.69) is 10.5 Å². The molecule has 0 bridgehead atoms.